The van der Waals surface area contributed by atoms with Crippen LogP contribution >= 0.6 is 21.6 Å². The van der Waals surface area contributed by atoms with Crippen molar-refractivity contribution in [3.63, 3.8) is 0 Å². The van der Waals surface area contributed by atoms with E-state index in [4.69, 9.17) is 9.47 Å². The Morgan fingerprint density at radius 2 is 2.00 bits per heavy atom. The zero-order chi connectivity index (χ0) is 18.2. The first-order valence-corrected chi connectivity index (χ1v) is 10.8. The van der Waals surface area contributed by atoms with Gasteiger partial charge < -0.3 is 25.2 Å². The third-order valence-corrected chi connectivity index (χ3v) is 5.23. The molecule has 0 bridgehead atoms. The second kappa shape index (κ2) is 15.9. The third-order valence-electron chi connectivity index (χ3n) is 3.41. The van der Waals surface area contributed by atoms with Crippen LogP contribution in [0, 0.1) is 5.92 Å². The van der Waals surface area contributed by atoms with Crippen LogP contribution in [0.15, 0.2) is 0 Å². The maximum atomic E-state index is 11.6. The summed E-state index contributed by atoms with van der Waals surface area (Å²) in [6.07, 6.45) is 2.86. The Balaban J connectivity index is 3.79. The predicted octanol–water partition coefficient (Wildman–Crippen LogP) is 1.65. The highest BCUT2D eigenvalue weighted by Gasteiger charge is 2.16. The highest BCUT2D eigenvalue weighted by atomic mass is 33.1. The second-order valence-electron chi connectivity index (χ2n) is 5.16. The quantitative estimate of drug-likeness (QED) is 0.310. The van der Waals surface area contributed by atoms with Crippen molar-refractivity contribution in [1.82, 2.24) is 10.6 Å². The summed E-state index contributed by atoms with van der Waals surface area (Å²) < 4.78 is 10.3. The molecule has 0 spiro atoms. The molecule has 0 rings (SSSR count). The largest absolute Gasteiger partial charge is 0.447 e. The zero-order valence-corrected chi connectivity index (χ0v) is 16.3. The Morgan fingerprint density at radius 1 is 1.25 bits per heavy atom. The van der Waals surface area contributed by atoms with Crippen LogP contribution in [0.2, 0.25) is 0 Å². The van der Waals surface area contributed by atoms with E-state index in [0.29, 0.717) is 13.0 Å². The molecule has 0 heterocycles. The minimum Gasteiger partial charge on any atom is -0.447 e. The predicted molar refractivity (Wildman–Crippen MR) is 99.2 cm³/mol. The average molecular weight is 383 g/mol. The Morgan fingerprint density at radius 3 is 2.58 bits per heavy atom. The highest BCUT2D eigenvalue weighted by Crippen LogP contribution is 2.14. The van der Waals surface area contributed by atoms with Crippen molar-refractivity contribution in [2.24, 2.45) is 5.92 Å². The van der Waals surface area contributed by atoms with E-state index in [1.807, 2.05) is 13.2 Å². The summed E-state index contributed by atoms with van der Waals surface area (Å²) in [5, 5.41) is 14.5. The van der Waals surface area contributed by atoms with E-state index >= 15 is 0 Å². The topological polar surface area (TPSA) is 96.9 Å². The summed E-state index contributed by atoms with van der Waals surface area (Å²) in [7, 11) is 4.89. The molecule has 0 saturated carbocycles. The van der Waals surface area contributed by atoms with Crippen molar-refractivity contribution >= 4 is 33.6 Å². The maximum Gasteiger partial charge on any atom is 0.407 e. The van der Waals surface area contributed by atoms with Crippen LogP contribution in [-0.2, 0) is 14.3 Å². The smallest absolute Gasteiger partial charge is 0.407 e. The lowest BCUT2D eigenvalue weighted by Crippen LogP contribution is -2.33. The van der Waals surface area contributed by atoms with Gasteiger partial charge in [0.05, 0.1) is 6.10 Å². The molecule has 0 aromatic rings. The van der Waals surface area contributed by atoms with Crippen molar-refractivity contribution in [2.45, 2.75) is 32.3 Å². The van der Waals surface area contributed by atoms with Gasteiger partial charge in [-0.3, -0.25) is 4.79 Å². The summed E-state index contributed by atoms with van der Waals surface area (Å²) >= 11 is 0. The Hall–Kier alpha value is -0.640. The third kappa shape index (κ3) is 12.7. The first kappa shape index (κ1) is 23.4. The molecule has 24 heavy (non-hydrogen) atoms. The lowest BCUT2D eigenvalue weighted by atomic mass is 10.00. The minimum absolute atomic E-state index is 0.0904. The lowest BCUT2D eigenvalue weighted by molar-refractivity contribution is -0.120. The number of amides is 2. The molecule has 0 saturated heterocycles. The monoisotopic (exact) mass is 382 g/mol. The minimum atomic E-state index is -0.570. The molecule has 9 heteroatoms. The van der Waals surface area contributed by atoms with E-state index < -0.39 is 6.09 Å². The van der Waals surface area contributed by atoms with Crippen molar-refractivity contribution in [3.05, 3.63) is 0 Å². The SMILES string of the molecule is CCC(CO)CC(COC(=O)NCCC(=O)NCCSSC)OC. The van der Waals surface area contributed by atoms with Gasteiger partial charge in [-0.1, -0.05) is 34.9 Å². The van der Waals surface area contributed by atoms with E-state index in [-0.39, 0.29) is 44.1 Å². The molecule has 0 aliphatic heterocycles. The molecular formula is C15H30N2O5S2. The van der Waals surface area contributed by atoms with E-state index in [1.54, 1.807) is 28.7 Å². The zero-order valence-electron chi connectivity index (χ0n) is 14.7. The van der Waals surface area contributed by atoms with E-state index in [2.05, 4.69) is 10.6 Å². The van der Waals surface area contributed by atoms with Crippen molar-refractivity contribution in [2.75, 3.05) is 45.4 Å². The van der Waals surface area contributed by atoms with Gasteiger partial charge in [-0.25, -0.2) is 4.79 Å². The fraction of sp³-hybridized carbons (Fsp3) is 0.867. The van der Waals surface area contributed by atoms with Gasteiger partial charge in [-0.2, -0.15) is 0 Å². The summed E-state index contributed by atoms with van der Waals surface area (Å²) in [4.78, 5) is 23.1. The summed E-state index contributed by atoms with van der Waals surface area (Å²) in [6.45, 7) is 3.05. The van der Waals surface area contributed by atoms with Crippen molar-refractivity contribution in [3.8, 4) is 0 Å². The summed E-state index contributed by atoms with van der Waals surface area (Å²) in [6, 6.07) is 0. The Bertz CT molecular complexity index is 344. The number of carbonyl (C=O) groups is 2. The number of carbonyl (C=O) groups excluding carboxylic acids is 2. The van der Waals surface area contributed by atoms with Crippen molar-refractivity contribution < 1.29 is 24.2 Å². The molecule has 7 nitrogen and oxygen atoms in total. The fourth-order valence-corrected chi connectivity index (χ4v) is 2.98. The number of ether oxygens (including phenoxy) is 2. The summed E-state index contributed by atoms with van der Waals surface area (Å²) in [5.41, 5.74) is 0. The van der Waals surface area contributed by atoms with E-state index in [1.165, 1.54) is 0 Å². The fourth-order valence-electron chi connectivity index (χ4n) is 1.88. The van der Waals surface area contributed by atoms with Crippen molar-refractivity contribution in [1.29, 1.82) is 0 Å². The highest BCUT2D eigenvalue weighted by molar-refractivity contribution is 8.76. The number of alkyl carbamates (subject to hydrolysis) is 1. The molecule has 0 aromatic carbocycles. The molecule has 2 unspecified atom stereocenters. The molecular weight excluding hydrogens is 352 g/mol. The average Bonchev–Trinajstić information content (AvgIpc) is 2.59. The second-order valence-corrected chi connectivity index (χ2v) is 7.85. The molecule has 142 valence electrons. The molecule has 0 radical (unpaired) electrons. The number of aliphatic hydroxyl groups is 1. The van der Waals surface area contributed by atoms with E-state index in [0.717, 1.165) is 12.2 Å². The van der Waals surface area contributed by atoms with Gasteiger partial charge in [0.25, 0.3) is 0 Å². The van der Waals surface area contributed by atoms with Crippen LogP contribution < -0.4 is 10.6 Å². The van der Waals surface area contributed by atoms with Crippen LogP contribution in [0.5, 0.6) is 0 Å². The number of hydrogen-bond donors (Lipinski definition) is 3. The number of aliphatic hydroxyl groups excluding tert-OH is 1. The standard InChI is InChI=1S/C15H30N2O5S2/c1-4-12(10-18)9-13(21-2)11-22-15(20)17-6-5-14(19)16-7-8-24-23-3/h12-13,18H,4-11H2,1-3H3,(H,16,19)(H,17,20). The molecule has 0 aliphatic rings. The lowest BCUT2D eigenvalue weighted by Gasteiger charge is -2.20. The first-order chi connectivity index (χ1) is 11.6. The van der Waals surface area contributed by atoms with Crippen LogP contribution in [0.3, 0.4) is 0 Å². The van der Waals surface area contributed by atoms with Crippen LogP contribution in [0.4, 0.5) is 4.79 Å². The van der Waals surface area contributed by atoms with Gasteiger partial charge in [-0.15, -0.1) is 0 Å². The van der Waals surface area contributed by atoms with Crippen LogP contribution in [-0.4, -0.2) is 68.6 Å². The van der Waals surface area contributed by atoms with Gasteiger partial charge >= 0.3 is 6.09 Å². The maximum absolute atomic E-state index is 11.6. The molecule has 3 N–H and O–H groups in total. The molecule has 0 aromatic heterocycles. The number of rotatable bonds is 14. The number of hydrogen-bond acceptors (Lipinski definition) is 7. The first-order valence-electron chi connectivity index (χ1n) is 8.03. The van der Waals surface area contributed by atoms with Crippen LogP contribution in [0.25, 0.3) is 0 Å². The van der Waals surface area contributed by atoms with Gasteiger partial charge in [0.15, 0.2) is 0 Å². The Labute approximate surface area is 152 Å². The van der Waals surface area contributed by atoms with Gasteiger partial charge in [0.2, 0.25) is 5.91 Å². The number of methoxy groups -OCH3 is 1. The summed E-state index contributed by atoms with van der Waals surface area (Å²) in [5.74, 6) is 0.892. The molecule has 0 aliphatic carbocycles. The Kier molecular flexibility index (Phi) is 15.4. The normalized spacial score (nSPS) is 13.2. The molecule has 2 atom stereocenters. The van der Waals surface area contributed by atoms with Gasteiger partial charge in [-0.05, 0) is 18.6 Å². The van der Waals surface area contributed by atoms with Crippen LogP contribution in [0.1, 0.15) is 26.2 Å². The molecule has 0 fully saturated rings. The molecule has 2 amide bonds. The van der Waals surface area contributed by atoms with Gasteiger partial charge in [0.1, 0.15) is 6.61 Å². The van der Waals surface area contributed by atoms with Gasteiger partial charge in [0, 0.05) is 39.0 Å². The van der Waals surface area contributed by atoms with E-state index in [9.17, 15) is 14.7 Å². The number of nitrogens with one attached hydrogen (secondary N) is 2.